The highest BCUT2D eigenvalue weighted by Crippen LogP contribution is 2.18. The van der Waals surface area contributed by atoms with Crippen molar-refractivity contribution in [2.45, 2.75) is 20.3 Å². The van der Waals surface area contributed by atoms with Gasteiger partial charge in [0.25, 0.3) is 0 Å². The predicted molar refractivity (Wildman–Crippen MR) is 72.9 cm³/mol. The van der Waals surface area contributed by atoms with E-state index in [1.54, 1.807) is 0 Å². The van der Waals surface area contributed by atoms with Gasteiger partial charge in [-0.2, -0.15) is 0 Å². The van der Waals surface area contributed by atoms with Crippen molar-refractivity contribution in [2.24, 2.45) is 5.92 Å². The van der Waals surface area contributed by atoms with E-state index in [2.05, 4.69) is 21.5 Å². The molecule has 0 spiro atoms. The van der Waals surface area contributed by atoms with E-state index < -0.39 is 10.0 Å². The van der Waals surface area contributed by atoms with Gasteiger partial charge in [0.15, 0.2) is 5.13 Å². The molecule has 18 heavy (non-hydrogen) atoms. The zero-order valence-corrected chi connectivity index (χ0v) is 11.9. The van der Waals surface area contributed by atoms with Crippen molar-refractivity contribution in [3.05, 3.63) is 11.1 Å². The fourth-order valence-electron chi connectivity index (χ4n) is 1.08. The molecule has 2 N–H and O–H groups in total. The Balaban J connectivity index is 2.64. The lowest BCUT2D eigenvalue weighted by Gasteiger charge is -2.06. The predicted octanol–water partition coefficient (Wildman–Crippen LogP) is 1.27. The standard InChI is InChI=1S/C11H16N2O3S2/c1-9(2)5-7-18(15,16)13-11-12-8-10(17-11)4-3-6-14/h8-9,14H,5-7H2,1-2H3,(H,12,13). The van der Waals surface area contributed by atoms with E-state index in [-0.39, 0.29) is 12.4 Å². The van der Waals surface area contributed by atoms with Crippen LogP contribution in [0.15, 0.2) is 6.20 Å². The number of nitrogens with zero attached hydrogens (tertiary/aromatic N) is 1. The lowest BCUT2D eigenvalue weighted by atomic mass is 10.2. The van der Waals surface area contributed by atoms with Gasteiger partial charge < -0.3 is 5.11 Å². The van der Waals surface area contributed by atoms with E-state index in [1.165, 1.54) is 6.20 Å². The number of sulfonamides is 1. The smallest absolute Gasteiger partial charge is 0.234 e. The van der Waals surface area contributed by atoms with Crippen LogP contribution >= 0.6 is 11.3 Å². The van der Waals surface area contributed by atoms with Crippen LogP contribution in [0.3, 0.4) is 0 Å². The van der Waals surface area contributed by atoms with E-state index in [0.717, 1.165) is 11.3 Å². The topological polar surface area (TPSA) is 79.3 Å². The fourth-order valence-corrected chi connectivity index (χ4v) is 3.37. The number of aliphatic hydroxyl groups is 1. The van der Waals surface area contributed by atoms with Gasteiger partial charge in [0.05, 0.1) is 16.8 Å². The van der Waals surface area contributed by atoms with Gasteiger partial charge in [0.1, 0.15) is 6.61 Å². The van der Waals surface area contributed by atoms with Crippen LogP contribution in [0.4, 0.5) is 5.13 Å². The summed E-state index contributed by atoms with van der Waals surface area (Å²) in [6, 6.07) is 0. The molecule has 0 fully saturated rings. The second kappa shape index (κ2) is 6.73. The summed E-state index contributed by atoms with van der Waals surface area (Å²) in [6.45, 7) is 3.72. The Labute approximate surface area is 111 Å². The highest BCUT2D eigenvalue weighted by atomic mass is 32.2. The van der Waals surface area contributed by atoms with Gasteiger partial charge in [-0.25, -0.2) is 13.4 Å². The zero-order chi connectivity index (χ0) is 13.6. The number of nitrogens with one attached hydrogen (secondary N) is 1. The largest absolute Gasteiger partial charge is 0.384 e. The molecule has 1 aromatic heterocycles. The van der Waals surface area contributed by atoms with Crippen molar-refractivity contribution in [1.29, 1.82) is 0 Å². The van der Waals surface area contributed by atoms with Gasteiger partial charge in [-0.15, -0.1) is 0 Å². The molecular formula is C11H16N2O3S2. The van der Waals surface area contributed by atoms with Crippen molar-refractivity contribution < 1.29 is 13.5 Å². The van der Waals surface area contributed by atoms with Gasteiger partial charge in [0, 0.05) is 0 Å². The average molecular weight is 288 g/mol. The minimum Gasteiger partial charge on any atom is -0.384 e. The van der Waals surface area contributed by atoms with E-state index in [4.69, 9.17) is 5.11 Å². The maximum atomic E-state index is 11.7. The van der Waals surface area contributed by atoms with Gasteiger partial charge in [-0.3, -0.25) is 4.72 Å². The monoisotopic (exact) mass is 288 g/mol. The maximum absolute atomic E-state index is 11.7. The molecule has 100 valence electrons. The first-order valence-electron chi connectivity index (χ1n) is 5.49. The molecule has 0 atom stereocenters. The fraction of sp³-hybridized carbons (Fsp3) is 0.545. The van der Waals surface area contributed by atoms with Crippen LogP contribution in [0, 0.1) is 17.8 Å². The molecule has 0 aliphatic carbocycles. The molecule has 0 unspecified atom stereocenters. The summed E-state index contributed by atoms with van der Waals surface area (Å²) in [5, 5.41) is 8.85. The van der Waals surface area contributed by atoms with Gasteiger partial charge in [0.2, 0.25) is 10.0 Å². The van der Waals surface area contributed by atoms with Crippen LogP contribution in [0.25, 0.3) is 0 Å². The number of aliphatic hydroxyl groups excluding tert-OH is 1. The summed E-state index contributed by atoms with van der Waals surface area (Å²) in [5.74, 6) is 5.57. The van der Waals surface area contributed by atoms with E-state index >= 15 is 0 Å². The van der Waals surface area contributed by atoms with E-state index in [1.807, 2.05) is 13.8 Å². The van der Waals surface area contributed by atoms with Gasteiger partial charge >= 0.3 is 0 Å². The molecule has 0 bridgehead atoms. The highest BCUT2D eigenvalue weighted by molar-refractivity contribution is 7.92. The molecule has 0 aromatic carbocycles. The van der Waals surface area contributed by atoms with Crippen LogP contribution < -0.4 is 4.72 Å². The third-order valence-electron chi connectivity index (χ3n) is 2.00. The molecular weight excluding hydrogens is 272 g/mol. The molecule has 1 heterocycles. The van der Waals surface area contributed by atoms with Crippen LogP contribution in [0.2, 0.25) is 0 Å². The Kier molecular flexibility index (Phi) is 5.59. The first kappa shape index (κ1) is 15.0. The van der Waals surface area contributed by atoms with Crippen LogP contribution in [-0.2, 0) is 10.0 Å². The molecule has 5 nitrogen and oxygen atoms in total. The van der Waals surface area contributed by atoms with Crippen molar-refractivity contribution in [2.75, 3.05) is 17.1 Å². The second-order valence-electron chi connectivity index (χ2n) is 4.09. The lowest BCUT2D eigenvalue weighted by molar-refractivity contribution is 0.350. The number of anilines is 1. The lowest BCUT2D eigenvalue weighted by Crippen LogP contribution is -2.17. The van der Waals surface area contributed by atoms with Crippen LogP contribution in [0.5, 0.6) is 0 Å². The van der Waals surface area contributed by atoms with Crippen molar-refractivity contribution >= 4 is 26.5 Å². The molecule has 0 saturated carbocycles. The Morgan fingerprint density at radius 1 is 1.56 bits per heavy atom. The summed E-state index contributed by atoms with van der Waals surface area (Å²) in [6.07, 6.45) is 2.09. The number of hydrogen-bond acceptors (Lipinski definition) is 5. The van der Waals surface area contributed by atoms with Crippen LogP contribution in [0.1, 0.15) is 25.1 Å². The SMILES string of the molecule is CC(C)CCS(=O)(=O)Nc1ncc(C#CCO)s1. The average Bonchev–Trinajstić information content (AvgIpc) is 2.71. The molecule has 1 rings (SSSR count). The van der Waals surface area contributed by atoms with Crippen LogP contribution in [-0.4, -0.2) is 30.9 Å². The number of rotatable bonds is 5. The molecule has 7 heteroatoms. The summed E-state index contributed by atoms with van der Waals surface area (Å²) in [7, 11) is -3.34. The number of thiazole rings is 1. The zero-order valence-electron chi connectivity index (χ0n) is 10.3. The number of aromatic nitrogens is 1. The summed E-state index contributed by atoms with van der Waals surface area (Å²) in [4.78, 5) is 4.54. The summed E-state index contributed by atoms with van der Waals surface area (Å²) < 4.78 is 25.8. The molecule has 0 aliphatic heterocycles. The minimum atomic E-state index is -3.34. The normalized spacial score (nSPS) is 11.1. The summed E-state index contributed by atoms with van der Waals surface area (Å²) in [5.41, 5.74) is 0. The Morgan fingerprint density at radius 3 is 2.89 bits per heavy atom. The maximum Gasteiger partial charge on any atom is 0.234 e. The van der Waals surface area contributed by atoms with E-state index in [0.29, 0.717) is 22.3 Å². The Bertz CT molecular complexity index is 538. The van der Waals surface area contributed by atoms with Crippen molar-refractivity contribution in [3.8, 4) is 11.8 Å². The molecule has 0 radical (unpaired) electrons. The van der Waals surface area contributed by atoms with Crippen molar-refractivity contribution in [3.63, 3.8) is 0 Å². The van der Waals surface area contributed by atoms with Gasteiger partial charge in [-0.05, 0) is 12.3 Å². The Morgan fingerprint density at radius 2 is 2.28 bits per heavy atom. The molecule has 0 aliphatic rings. The molecule has 0 saturated heterocycles. The second-order valence-corrected chi connectivity index (χ2v) is 6.97. The minimum absolute atomic E-state index is 0.0852. The number of hydrogen-bond donors (Lipinski definition) is 2. The van der Waals surface area contributed by atoms with Crippen molar-refractivity contribution in [1.82, 2.24) is 4.98 Å². The molecule has 1 aromatic rings. The quantitative estimate of drug-likeness (QED) is 0.800. The van der Waals surface area contributed by atoms with E-state index in [9.17, 15) is 8.42 Å². The Hall–Kier alpha value is -1.10. The van der Waals surface area contributed by atoms with Gasteiger partial charge in [-0.1, -0.05) is 37.0 Å². The molecule has 0 amide bonds. The highest BCUT2D eigenvalue weighted by Gasteiger charge is 2.13. The third kappa shape index (κ3) is 5.49. The first-order chi connectivity index (χ1) is 8.43. The first-order valence-corrected chi connectivity index (χ1v) is 7.96. The summed E-state index contributed by atoms with van der Waals surface area (Å²) >= 11 is 1.15. The third-order valence-corrected chi connectivity index (χ3v) is 4.24.